The van der Waals surface area contributed by atoms with Gasteiger partial charge in [0.1, 0.15) is 0 Å². The second-order valence-electron chi connectivity index (χ2n) is 5.82. The van der Waals surface area contributed by atoms with E-state index >= 15 is 0 Å². The van der Waals surface area contributed by atoms with Gasteiger partial charge < -0.3 is 15.7 Å². The zero-order chi connectivity index (χ0) is 13.0. The van der Waals surface area contributed by atoms with Crippen LogP contribution in [0.1, 0.15) is 25.8 Å². The summed E-state index contributed by atoms with van der Waals surface area (Å²) in [5.74, 6) is 0. The number of aliphatic hydroxyl groups excluding tert-OH is 1. The number of hydrogen-bond acceptors (Lipinski definition) is 3. The van der Waals surface area contributed by atoms with Crippen LogP contribution in [0.15, 0.2) is 24.3 Å². The normalized spacial score (nSPS) is 22.7. The molecule has 0 aromatic heterocycles. The van der Waals surface area contributed by atoms with E-state index in [0.29, 0.717) is 6.04 Å². The maximum Gasteiger partial charge on any atom is 0.0471 e. The molecule has 1 aliphatic rings. The first-order valence-corrected chi connectivity index (χ1v) is 6.79. The molecule has 1 aliphatic heterocycles. The lowest BCUT2D eigenvalue weighted by atomic mass is 9.80. The van der Waals surface area contributed by atoms with Crippen LogP contribution in [0.4, 0.5) is 5.69 Å². The monoisotopic (exact) mass is 248 g/mol. The molecular formula is C15H24N2O. The van der Waals surface area contributed by atoms with Crippen LogP contribution < -0.4 is 10.6 Å². The highest BCUT2D eigenvalue weighted by atomic mass is 16.2. The highest BCUT2D eigenvalue weighted by molar-refractivity contribution is 5.46. The fraction of sp³-hybridized carbons (Fsp3) is 0.600. The number of hydrogen-bond donors (Lipinski definition) is 3. The van der Waals surface area contributed by atoms with E-state index in [0.717, 1.165) is 25.9 Å². The molecule has 0 spiro atoms. The largest absolute Gasteiger partial charge is 0.396 e. The van der Waals surface area contributed by atoms with Gasteiger partial charge in [0.05, 0.1) is 0 Å². The van der Waals surface area contributed by atoms with E-state index in [1.165, 1.54) is 11.3 Å². The highest BCUT2D eigenvalue weighted by Gasteiger charge is 2.31. The Morgan fingerprint density at radius 3 is 2.67 bits per heavy atom. The first-order valence-electron chi connectivity index (χ1n) is 6.79. The molecule has 0 bridgehead atoms. The van der Waals surface area contributed by atoms with E-state index in [2.05, 4.69) is 48.7 Å². The fourth-order valence-corrected chi connectivity index (χ4v) is 2.54. The van der Waals surface area contributed by atoms with Gasteiger partial charge in [-0.3, -0.25) is 0 Å². The van der Waals surface area contributed by atoms with E-state index in [4.69, 9.17) is 5.11 Å². The van der Waals surface area contributed by atoms with E-state index in [1.807, 2.05) is 0 Å². The highest BCUT2D eigenvalue weighted by Crippen LogP contribution is 2.28. The van der Waals surface area contributed by atoms with E-state index in [1.54, 1.807) is 0 Å². The average Bonchev–Trinajstić information content (AvgIpc) is 2.34. The van der Waals surface area contributed by atoms with Crippen LogP contribution in [0.3, 0.4) is 0 Å². The summed E-state index contributed by atoms with van der Waals surface area (Å²) in [4.78, 5) is 0. The summed E-state index contributed by atoms with van der Waals surface area (Å²) in [5, 5.41) is 16.0. The van der Waals surface area contributed by atoms with Gasteiger partial charge in [-0.15, -0.1) is 0 Å². The molecule has 1 aromatic carbocycles. The fourth-order valence-electron chi connectivity index (χ4n) is 2.54. The van der Waals surface area contributed by atoms with Gasteiger partial charge in [-0.1, -0.05) is 26.0 Å². The summed E-state index contributed by atoms with van der Waals surface area (Å²) in [6, 6.07) is 8.92. The van der Waals surface area contributed by atoms with Crippen LogP contribution in [0.2, 0.25) is 0 Å². The molecule has 18 heavy (non-hydrogen) atoms. The van der Waals surface area contributed by atoms with E-state index in [-0.39, 0.29) is 12.0 Å². The Bertz CT molecular complexity index is 373. The summed E-state index contributed by atoms with van der Waals surface area (Å²) in [5.41, 5.74) is 2.64. The van der Waals surface area contributed by atoms with Crippen molar-refractivity contribution >= 4 is 5.69 Å². The van der Waals surface area contributed by atoms with Crippen LogP contribution in [0.25, 0.3) is 0 Å². The molecule has 3 heteroatoms. The predicted molar refractivity (Wildman–Crippen MR) is 75.9 cm³/mol. The summed E-state index contributed by atoms with van der Waals surface area (Å²) in [6.07, 6.45) is 1.89. The standard InChI is InChI=1S/C15H24N2O/c1-15(2)11-16-9-7-14(15)17-13-5-3-12(4-6-13)8-10-18/h3-6,14,16-18H,7-11H2,1-2H3. The molecule has 1 unspecified atom stereocenters. The zero-order valence-electron chi connectivity index (χ0n) is 11.4. The molecule has 1 aromatic rings. The molecular weight excluding hydrogens is 224 g/mol. The Balaban J connectivity index is 1.99. The van der Waals surface area contributed by atoms with Crippen LogP contribution >= 0.6 is 0 Å². The lowest BCUT2D eigenvalue weighted by Crippen LogP contribution is -2.49. The van der Waals surface area contributed by atoms with Gasteiger partial charge in [-0.25, -0.2) is 0 Å². The molecule has 3 nitrogen and oxygen atoms in total. The van der Waals surface area contributed by atoms with Crippen molar-refractivity contribution in [2.45, 2.75) is 32.7 Å². The zero-order valence-corrected chi connectivity index (χ0v) is 11.4. The number of benzene rings is 1. The van der Waals surface area contributed by atoms with E-state index in [9.17, 15) is 0 Å². The molecule has 1 fully saturated rings. The lowest BCUT2D eigenvalue weighted by Gasteiger charge is -2.40. The van der Waals surface area contributed by atoms with Crippen LogP contribution in [0.5, 0.6) is 0 Å². The first-order chi connectivity index (χ1) is 8.62. The SMILES string of the molecule is CC1(C)CNCCC1Nc1ccc(CCO)cc1. The van der Waals surface area contributed by atoms with Crippen molar-refractivity contribution < 1.29 is 5.11 Å². The Kier molecular flexibility index (Phi) is 4.25. The van der Waals surface area contributed by atoms with Crippen LogP contribution in [-0.4, -0.2) is 30.8 Å². The first kappa shape index (κ1) is 13.4. The van der Waals surface area contributed by atoms with Crippen molar-refractivity contribution in [1.29, 1.82) is 0 Å². The molecule has 3 N–H and O–H groups in total. The molecule has 0 saturated carbocycles. The Morgan fingerprint density at radius 2 is 2.06 bits per heavy atom. The molecule has 0 radical (unpaired) electrons. The van der Waals surface area contributed by atoms with Gasteiger partial charge in [0.15, 0.2) is 0 Å². The number of rotatable bonds is 4. The Labute approximate surface area is 110 Å². The number of nitrogens with one attached hydrogen (secondary N) is 2. The minimum absolute atomic E-state index is 0.216. The van der Waals surface area contributed by atoms with Gasteiger partial charge in [0, 0.05) is 24.9 Å². The summed E-state index contributed by atoms with van der Waals surface area (Å²) in [6.45, 7) is 6.97. The average molecular weight is 248 g/mol. The quantitative estimate of drug-likeness (QED) is 0.764. The maximum absolute atomic E-state index is 8.90. The summed E-state index contributed by atoms with van der Waals surface area (Å²) >= 11 is 0. The molecule has 0 amide bonds. The van der Waals surface area contributed by atoms with Crippen molar-refractivity contribution in [1.82, 2.24) is 5.32 Å². The lowest BCUT2D eigenvalue weighted by molar-refractivity contribution is 0.236. The topological polar surface area (TPSA) is 44.3 Å². The molecule has 1 atom stereocenters. The summed E-state index contributed by atoms with van der Waals surface area (Å²) in [7, 11) is 0. The number of aliphatic hydroxyl groups is 1. The minimum atomic E-state index is 0.216. The molecule has 1 saturated heterocycles. The smallest absolute Gasteiger partial charge is 0.0471 e. The molecule has 100 valence electrons. The Hall–Kier alpha value is -1.06. The number of anilines is 1. The van der Waals surface area contributed by atoms with Gasteiger partial charge in [0.25, 0.3) is 0 Å². The van der Waals surface area contributed by atoms with Crippen molar-refractivity contribution in [3.05, 3.63) is 29.8 Å². The van der Waals surface area contributed by atoms with Gasteiger partial charge >= 0.3 is 0 Å². The van der Waals surface area contributed by atoms with Crippen LogP contribution in [0, 0.1) is 5.41 Å². The van der Waals surface area contributed by atoms with Crippen molar-refractivity contribution in [2.75, 3.05) is 25.0 Å². The van der Waals surface area contributed by atoms with E-state index < -0.39 is 0 Å². The second kappa shape index (κ2) is 5.72. The maximum atomic E-state index is 8.90. The second-order valence-corrected chi connectivity index (χ2v) is 5.82. The molecule has 0 aliphatic carbocycles. The Morgan fingerprint density at radius 1 is 1.33 bits per heavy atom. The summed E-state index contributed by atoms with van der Waals surface area (Å²) < 4.78 is 0. The molecule has 1 heterocycles. The third-order valence-electron chi connectivity index (χ3n) is 3.83. The minimum Gasteiger partial charge on any atom is -0.396 e. The third kappa shape index (κ3) is 3.24. The predicted octanol–water partition coefficient (Wildman–Crippen LogP) is 2.02. The van der Waals surface area contributed by atoms with Gasteiger partial charge in [-0.2, -0.15) is 0 Å². The molecule has 2 rings (SSSR count). The number of piperidine rings is 1. The van der Waals surface area contributed by atoms with Crippen molar-refractivity contribution in [3.63, 3.8) is 0 Å². The van der Waals surface area contributed by atoms with Crippen LogP contribution in [-0.2, 0) is 6.42 Å². The third-order valence-corrected chi connectivity index (χ3v) is 3.83. The van der Waals surface area contributed by atoms with Crippen molar-refractivity contribution in [3.8, 4) is 0 Å². The van der Waals surface area contributed by atoms with Gasteiger partial charge in [0.2, 0.25) is 0 Å². The van der Waals surface area contributed by atoms with Crippen molar-refractivity contribution in [2.24, 2.45) is 5.41 Å². The van der Waals surface area contributed by atoms with Gasteiger partial charge in [-0.05, 0) is 42.5 Å².